The molecule has 1 heterocycles. The highest BCUT2D eigenvalue weighted by Crippen LogP contribution is 2.33. The molecule has 124 valence electrons. The summed E-state index contributed by atoms with van der Waals surface area (Å²) < 4.78 is 36.8. The maximum Gasteiger partial charge on any atom is 0.178 e. The molecule has 1 aromatic rings. The predicted octanol–water partition coefficient (Wildman–Crippen LogP) is 3.27. The summed E-state index contributed by atoms with van der Waals surface area (Å²) in [7, 11) is -3.30. The van der Waals surface area contributed by atoms with Gasteiger partial charge in [0.2, 0.25) is 0 Å². The molecule has 0 aromatic heterocycles. The fraction of sp³-hybridized carbons (Fsp3) is 0.647. The molecular weight excluding hydrogens is 300 g/mol. The van der Waals surface area contributed by atoms with E-state index in [-0.39, 0.29) is 23.7 Å². The van der Waals surface area contributed by atoms with Gasteiger partial charge in [0.25, 0.3) is 0 Å². The van der Waals surface area contributed by atoms with Crippen molar-refractivity contribution in [3.8, 4) is 0 Å². The molecular formula is C17H26O4S. The quantitative estimate of drug-likeness (QED) is 0.833. The third-order valence-corrected chi connectivity index (χ3v) is 6.15. The molecule has 0 aliphatic carbocycles. The minimum absolute atomic E-state index is 0.0849. The summed E-state index contributed by atoms with van der Waals surface area (Å²) >= 11 is 0. The van der Waals surface area contributed by atoms with E-state index in [0.29, 0.717) is 11.5 Å². The Balaban J connectivity index is 2.14. The molecule has 3 atom stereocenters. The zero-order chi connectivity index (χ0) is 16.4. The lowest BCUT2D eigenvalue weighted by molar-refractivity contribution is -0.300. The van der Waals surface area contributed by atoms with E-state index in [2.05, 4.69) is 6.92 Å². The van der Waals surface area contributed by atoms with Crippen LogP contribution in [0.25, 0.3) is 0 Å². The number of hydrogen-bond acceptors (Lipinski definition) is 4. The van der Waals surface area contributed by atoms with E-state index in [1.54, 1.807) is 24.3 Å². The molecule has 1 aliphatic rings. The Kier molecular flexibility index (Phi) is 5.30. The first kappa shape index (κ1) is 17.4. The fourth-order valence-corrected chi connectivity index (χ4v) is 4.60. The van der Waals surface area contributed by atoms with Crippen molar-refractivity contribution in [3.05, 3.63) is 30.3 Å². The lowest BCUT2D eigenvalue weighted by Gasteiger charge is -2.43. The normalized spacial score (nSPS) is 26.5. The van der Waals surface area contributed by atoms with Crippen molar-refractivity contribution in [1.82, 2.24) is 0 Å². The third-order valence-electron chi connectivity index (χ3n) is 4.20. The van der Waals surface area contributed by atoms with Gasteiger partial charge < -0.3 is 9.47 Å². The molecule has 1 saturated heterocycles. The van der Waals surface area contributed by atoms with E-state index in [1.165, 1.54) is 0 Å². The second kappa shape index (κ2) is 6.69. The summed E-state index contributed by atoms with van der Waals surface area (Å²) in [5, 5.41) is 0. The van der Waals surface area contributed by atoms with E-state index >= 15 is 0 Å². The maximum atomic E-state index is 12.6. The van der Waals surface area contributed by atoms with Crippen LogP contribution in [0.2, 0.25) is 0 Å². The van der Waals surface area contributed by atoms with Crippen LogP contribution < -0.4 is 0 Å². The van der Waals surface area contributed by atoms with Gasteiger partial charge in [-0.3, -0.25) is 0 Å². The Morgan fingerprint density at radius 2 is 1.91 bits per heavy atom. The van der Waals surface area contributed by atoms with Gasteiger partial charge in [0, 0.05) is 5.92 Å². The highest BCUT2D eigenvalue weighted by atomic mass is 32.2. The zero-order valence-electron chi connectivity index (χ0n) is 13.8. The van der Waals surface area contributed by atoms with Gasteiger partial charge in [-0.1, -0.05) is 32.0 Å². The van der Waals surface area contributed by atoms with Gasteiger partial charge >= 0.3 is 0 Å². The van der Waals surface area contributed by atoms with Gasteiger partial charge in [-0.05, 0) is 38.3 Å². The molecule has 0 radical (unpaired) electrons. The Morgan fingerprint density at radius 1 is 1.27 bits per heavy atom. The molecule has 22 heavy (non-hydrogen) atoms. The second-order valence-corrected chi connectivity index (χ2v) is 8.57. The summed E-state index contributed by atoms with van der Waals surface area (Å²) in [6, 6.07) is 8.61. The van der Waals surface area contributed by atoms with Crippen molar-refractivity contribution in [2.45, 2.75) is 50.9 Å². The molecule has 0 bridgehead atoms. The van der Waals surface area contributed by atoms with E-state index in [0.717, 1.165) is 6.42 Å². The fourth-order valence-electron chi connectivity index (χ4n) is 2.96. The Bertz CT molecular complexity index is 580. The molecule has 0 amide bonds. The second-order valence-electron chi connectivity index (χ2n) is 6.53. The molecule has 2 rings (SSSR count). The van der Waals surface area contributed by atoms with E-state index in [9.17, 15) is 8.42 Å². The van der Waals surface area contributed by atoms with E-state index < -0.39 is 15.6 Å². The molecule has 4 nitrogen and oxygen atoms in total. The van der Waals surface area contributed by atoms with Crippen LogP contribution >= 0.6 is 0 Å². The maximum absolute atomic E-state index is 12.6. The van der Waals surface area contributed by atoms with Crippen molar-refractivity contribution >= 4 is 9.84 Å². The summed E-state index contributed by atoms with van der Waals surface area (Å²) in [5.74, 6) is -0.414. The molecule has 0 N–H and O–H groups in total. The van der Waals surface area contributed by atoms with Crippen LogP contribution in [0.1, 0.15) is 34.1 Å². The summed E-state index contributed by atoms with van der Waals surface area (Å²) in [4.78, 5) is 0.376. The highest BCUT2D eigenvalue weighted by molar-refractivity contribution is 7.91. The van der Waals surface area contributed by atoms with Gasteiger partial charge in [0.1, 0.15) is 0 Å². The minimum atomic E-state index is -3.30. The number of benzene rings is 1. The first-order valence-corrected chi connectivity index (χ1v) is 9.50. The van der Waals surface area contributed by atoms with Crippen LogP contribution in [0.15, 0.2) is 35.2 Å². The van der Waals surface area contributed by atoms with Crippen LogP contribution in [-0.4, -0.2) is 32.7 Å². The number of hydrogen-bond donors (Lipinski definition) is 0. The lowest BCUT2D eigenvalue weighted by atomic mass is 9.90. The summed E-state index contributed by atoms with van der Waals surface area (Å²) in [5.41, 5.74) is 0. The van der Waals surface area contributed by atoms with E-state index in [4.69, 9.17) is 9.47 Å². The SMILES string of the molecule is CC[C@H]1COC(C)(C)O[C@H]1[C@@H](C)CS(=O)(=O)c1ccccc1. The molecule has 1 aromatic carbocycles. The van der Waals surface area contributed by atoms with Crippen molar-refractivity contribution < 1.29 is 17.9 Å². The largest absolute Gasteiger partial charge is 0.350 e. The van der Waals surface area contributed by atoms with Crippen LogP contribution in [0.4, 0.5) is 0 Å². The molecule has 0 spiro atoms. The smallest absolute Gasteiger partial charge is 0.178 e. The first-order valence-electron chi connectivity index (χ1n) is 7.85. The number of sulfone groups is 1. The van der Waals surface area contributed by atoms with Crippen molar-refractivity contribution in [2.75, 3.05) is 12.4 Å². The Morgan fingerprint density at radius 3 is 2.50 bits per heavy atom. The summed E-state index contributed by atoms with van der Waals surface area (Å²) in [6.45, 7) is 8.41. The molecule has 0 saturated carbocycles. The van der Waals surface area contributed by atoms with Crippen molar-refractivity contribution in [3.63, 3.8) is 0 Å². The minimum Gasteiger partial charge on any atom is -0.350 e. The average molecular weight is 326 g/mol. The van der Waals surface area contributed by atoms with Crippen LogP contribution in [0.3, 0.4) is 0 Å². The predicted molar refractivity (Wildman–Crippen MR) is 86.3 cm³/mol. The summed E-state index contributed by atoms with van der Waals surface area (Å²) in [6.07, 6.45) is 0.809. The zero-order valence-corrected chi connectivity index (χ0v) is 14.6. The van der Waals surface area contributed by atoms with Gasteiger partial charge in [-0.2, -0.15) is 0 Å². The Labute approximate surface area is 133 Å². The van der Waals surface area contributed by atoms with Gasteiger partial charge in [0.15, 0.2) is 15.6 Å². The molecule has 5 heteroatoms. The monoisotopic (exact) mass is 326 g/mol. The Hall–Kier alpha value is -0.910. The van der Waals surface area contributed by atoms with Crippen LogP contribution in [0.5, 0.6) is 0 Å². The van der Waals surface area contributed by atoms with Crippen molar-refractivity contribution in [1.29, 1.82) is 0 Å². The van der Waals surface area contributed by atoms with Crippen LogP contribution in [-0.2, 0) is 19.3 Å². The number of ether oxygens (including phenoxy) is 2. The van der Waals surface area contributed by atoms with E-state index in [1.807, 2.05) is 26.8 Å². The molecule has 1 aliphatic heterocycles. The first-order chi connectivity index (χ1) is 10.2. The standard InChI is InChI=1S/C17H26O4S/c1-5-14-11-20-17(3,4)21-16(14)13(2)12-22(18,19)15-9-7-6-8-10-15/h6-10,13-14,16H,5,11-12H2,1-4H3/t13-,14-,16-/m0/s1. The van der Waals surface area contributed by atoms with Crippen LogP contribution in [0, 0.1) is 11.8 Å². The van der Waals surface area contributed by atoms with Crippen molar-refractivity contribution in [2.24, 2.45) is 11.8 Å². The average Bonchev–Trinajstić information content (AvgIpc) is 2.47. The third kappa shape index (κ3) is 4.09. The molecule has 0 unspecified atom stereocenters. The van der Waals surface area contributed by atoms with Gasteiger partial charge in [0.05, 0.1) is 23.4 Å². The number of rotatable bonds is 5. The lowest BCUT2D eigenvalue weighted by Crippen LogP contribution is -2.49. The topological polar surface area (TPSA) is 52.6 Å². The molecule has 1 fully saturated rings. The highest BCUT2D eigenvalue weighted by Gasteiger charge is 2.39. The van der Waals surface area contributed by atoms with Gasteiger partial charge in [-0.15, -0.1) is 0 Å². The van der Waals surface area contributed by atoms with Gasteiger partial charge in [-0.25, -0.2) is 8.42 Å².